The number of aryl methyl sites for hydroxylation is 1. The molecule has 0 aliphatic rings. The lowest BCUT2D eigenvalue weighted by Gasteiger charge is -2.08. The van der Waals surface area contributed by atoms with Gasteiger partial charge in [-0.15, -0.1) is 0 Å². The van der Waals surface area contributed by atoms with Gasteiger partial charge in [0.2, 0.25) is 0 Å². The summed E-state index contributed by atoms with van der Waals surface area (Å²) in [5, 5.41) is 2.96. The third-order valence-electron chi connectivity index (χ3n) is 3.72. The molecular formula is C19H23NO. The normalized spacial score (nSPS) is 10.7. The molecule has 0 aromatic heterocycles. The molecule has 0 bridgehead atoms. The van der Waals surface area contributed by atoms with E-state index in [4.69, 9.17) is 0 Å². The molecule has 0 heterocycles. The van der Waals surface area contributed by atoms with Crippen LogP contribution in [0.15, 0.2) is 48.5 Å². The van der Waals surface area contributed by atoms with Crippen LogP contribution in [-0.4, -0.2) is 5.91 Å². The molecule has 110 valence electrons. The summed E-state index contributed by atoms with van der Waals surface area (Å²) >= 11 is 0. The van der Waals surface area contributed by atoms with Crippen molar-refractivity contribution in [1.29, 1.82) is 0 Å². The lowest BCUT2D eigenvalue weighted by molar-refractivity contribution is 0.0951. The van der Waals surface area contributed by atoms with Gasteiger partial charge in [-0.25, -0.2) is 0 Å². The Morgan fingerprint density at radius 1 is 0.952 bits per heavy atom. The monoisotopic (exact) mass is 281 g/mol. The fourth-order valence-electron chi connectivity index (χ4n) is 2.20. The lowest BCUT2D eigenvalue weighted by Crippen LogP contribution is -2.22. The van der Waals surface area contributed by atoms with Crippen LogP contribution in [0.25, 0.3) is 0 Å². The Kier molecular flexibility index (Phi) is 5.15. The molecule has 0 aliphatic heterocycles. The van der Waals surface area contributed by atoms with E-state index in [2.05, 4.69) is 50.4 Å². The van der Waals surface area contributed by atoms with Crippen LogP contribution in [-0.2, 0) is 13.0 Å². The van der Waals surface area contributed by atoms with Crippen LogP contribution in [0.2, 0.25) is 0 Å². The number of hydrogen-bond acceptors (Lipinski definition) is 1. The average Bonchev–Trinajstić information content (AvgIpc) is 2.53. The molecule has 0 radical (unpaired) electrons. The molecule has 1 amide bonds. The van der Waals surface area contributed by atoms with E-state index in [9.17, 15) is 4.79 Å². The van der Waals surface area contributed by atoms with Crippen LogP contribution in [0.3, 0.4) is 0 Å². The summed E-state index contributed by atoms with van der Waals surface area (Å²) in [5.41, 5.74) is 4.40. The molecule has 0 atom stereocenters. The van der Waals surface area contributed by atoms with Gasteiger partial charge in [-0.2, -0.15) is 0 Å². The molecule has 2 aromatic carbocycles. The summed E-state index contributed by atoms with van der Waals surface area (Å²) in [6, 6.07) is 16.2. The van der Waals surface area contributed by atoms with Crippen molar-refractivity contribution in [3.05, 3.63) is 70.8 Å². The zero-order chi connectivity index (χ0) is 15.2. The van der Waals surface area contributed by atoms with Crippen molar-refractivity contribution in [2.45, 2.75) is 39.7 Å². The van der Waals surface area contributed by atoms with E-state index in [1.54, 1.807) is 0 Å². The molecule has 0 unspecified atom stereocenters. The van der Waals surface area contributed by atoms with Crippen molar-refractivity contribution in [3.8, 4) is 0 Å². The number of nitrogens with one attached hydrogen (secondary N) is 1. The Labute approximate surface area is 127 Å². The lowest BCUT2D eigenvalue weighted by atomic mass is 10.0. The van der Waals surface area contributed by atoms with E-state index in [0.717, 1.165) is 12.0 Å². The van der Waals surface area contributed by atoms with Gasteiger partial charge < -0.3 is 5.32 Å². The van der Waals surface area contributed by atoms with E-state index < -0.39 is 0 Å². The molecule has 2 nitrogen and oxygen atoms in total. The van der Waals surface area contributed by atoms with Crippen molar-refractivity contribution in [1.82, 2.24) is 5.32 Å². The Morgan fingerprint density at radius 2 is 1.52 bits per heavy atom. The van der Waals surface area contributed by atoms with Gasteiger partial charge in [-0.05, 0) is 41.2 Å². The molecule has 2 heteroatoms. The van der Waals surface area contributed by atoms with Gasteiger partial charge in [0.05, 0.1) is 0 Å². The first kappa shape index (κ1) is 15.3. The summed E-state index contributed by atoms with van der Waals surface area (Å²) in [6.07, 6.45) is 0.990. The number of carbonyl (C=O) groups is 1. The van der Waals surface area contributed by atoms with Crippen molar-refractivity contribution in [2.75, 3.05) is 0 Å². The Bertz CT molecular complexity index is 582. The van der Waals surface area contributed by atoms with Crippen LogP contribution in [0, 0.1) is 0 Å². The highest BCUT2D eigenvalue weighted by molar-refractivity contribution is 5.94. The van der Waals surface area contributed by atoms with E-state index in [0.29, 0.717) is 18.0 Å². The molecular weight excluding hydrogens is 258 g/mol. The van der Waals surface area contributed by atoms with Crippen LogP contribution >= 0.6 is 0 Å². The average molecular weight is 281 g/mol. The molecule has 21 heavy (non-hydrogen) atoms. The highest BCUT2D eigenvalue weighted by Gasteiger charge is 2.05. The Balaban J connectivity index is 1.93. The van der Waals surface area contributed by atoms with Crippen molar-refractivity contribution in [3.63, 3.8) is 0 Å². The summed E-state index contributed by atoms with van der Waals surface area (Å²) in [7, 11) is 0. The van der Waals surface area contributed by atoms with E-state index in [1.807, 2.05) is 24.3 Å². The quantitative estimate of drug-likeness (QED) is 0.869. The van der Waals surface area contributed by atoms with Gasteiger partial charge in [0, 0.05) is 12.1 Å². The van der Waals surface area contributed by atoms with Crippen molar-refractivity contribution >= 4 is 5.91 Å². The minimum atomic E-state index is -0.0226. The largest absolute Gasteiger partial charge is 0.348 e. The first-order valence-corrected chi connectivity index (χ1v) is 7.56. The van der Waals surface area contributed by atoms with E-state index in [1.165, 1.54) is 11.1 Å². The number of amides is 1. The molecule has 0 spiro atoms. The third kappa shape index (κ3) is 4.19. The van der Waals surface area contributed by atoms with E-state index >= 15 is 0 Å². The molecule has 0 fully saturated rings. The summed E-state index contributed by atoms with van der Waals surface area (Å²) in [4.78, 5) is 12.1. The van der Waals surface area contributed by atoms with Crippen LogP contribution in [0.1, 0.15) is 53.7 Å². The second kappa shape index (κ2) is 7.07. The van der Waals surface area contributed by atoms with Crippen LogP contribution in [0.5, 0.6) is 0 Å². The first-order valence-electron chi connectivity index (χ1n) is 7.56. The second-order valence-corrected chi connectivity index (χ2v) is 5.63. The number of rotatable bonds is 5. The number of benzene rings is 2. The fraction of sp³-hybridized carbons (Fsp3) is 0.316. The number of hydrogen-bond donors (Lipinski definition) is 1. The molecule has 2 aromatic rings. The van der Waals surface area contributed by atoms with Gasteiger partial charge in [-0.1, -0.05) is 57.2 Å². The third-order valence-corrected chi connectivity index (χ3v) is 3.72. The van der Waals surface area contributed by atoms with Crippen molar-refractivity contribution < 1.29 is 4.79 Å². The van der Waals surface area contributed by atoms with Crippen molar-refractivity contribution in [2.24, 2.45) is 0 Å². The van der Waals surface area contributed by atoms with Crippen LogP contribution in [0.4, 0.5) is 0 Å². The van der Waals surface area contributed by atoms with Gasteiger partial charge in [-0.3, -0.25) is 4.79 Å². The highest BCUT2D eigenvalue weighted by Crippen LogP contribution is 2.14. The maximum atomic E-state index is 12.1. The SMILES string of the molecule is CCc1ccc(C(=O)NCc2ccc(C(C)C)cc2)cc1. The van der Waals surface area contributed by atoms with Crippen LogP contribution < -0.4 is 5.32 Å². The molecule has 2 rings (SSSR count). The number of carbonyl (C=O) groups excluding carboxylic acids is 1. The summed E-state index contributed by atoms with van der Waals surface area (Å²) < 4.78 is 0. The second-order valence-electron chi connectivity index (χ2n) is 5.63. The minimum absolute atomic E-state index is 0.0226. The fourth-order valence-corrected chi connectivity index (χ4v) is 2.20. The Morgan fingerprint density at radius 3 is 2.05 bits per heavy atom. The predicted molar refractivity (Wildman–Crippen MR) is 87.5 cm³/mol. The highest BCUT2D eigenvalue weighted by atomic mass is 16.1. The predicted octanol–water partition coefficient (Wildman–Crippen LogP) is 4.30. The first-order chi connectivity index (χ1) is 10.1. The minimum Gasteiger partial charge on any atom is -0.348 e. The topological polar surface area (TPSA) is 29.1 Å². The maximum Gasteiger partial charge on any atom is 0.251 e. The zero-order valence-electron chi connectivity index (χ0n) is 13.0. The zero-order valence-corrected chi connectivity index (χ0v) is 13.0. The van der Waals surface area contributed by atoms with Gasteiger partial charge >= 0.3 is 0 Å². The molecule has 0 saturated heterocycles. The van der Waals surface area contributed by atoms with Gasteiger partial charge in [0.25, 0.3) is 5.91 Å². The molecule has 0 aliphatic carbocycles. The standard InChI is InChI=1S/C19H23NO/c1-4-15-5-11-18(12-6-15)19(21)20-13-16-7-9-17(10-8-16)14(2)3/h5-12,14H,4,13H2,1-3H3,(H,20,21). The smallest absolute Gasteiger partial charge is 0.251 e. The molecule has 1 N–H and O–H groups in total. The Hall–Kier alpha value is -2.09. The summed E-state index contributed by atoms with van der Waals surface area (Å²) in [5.74, 6) is 0.510. The maximum absolute atomic E-state index is 12.1. The molecule has 0 saturated carbocycles. The van der Waals surface area contributed by atoms with E-state index in [-0.39, 0.29) is 5.91 Å². The van der Waals surface area contributed by atoms with Gasteiger partial charge in [0.15, 0.2) is 0 Å². The van der Waals surface area contributed by atoms with Gasteiger partial charge in [0.1, 0.15) is 0 Å². The summed E-state index contributed by atoms with van der Waals surface area (Å²) in [6.45, 7) is 7.02.